The average molecular weight is 315 g/mol. The molecule has 0 saturated carbocycles. The molecule has 1 unspecified atom stereocenters. The fraction of sp³-hybridized carbons (Fsp3) is 0.632. The van der Waals surface area contributed by atoms with Crippen LogP contribution in [0.3, 0.4) is 0 Å². The normalized spacial score (nSPS) is 27.7. The minimum Gasteiger partial charge on any atom is -0.341 e. The first-order chi connectivity index (χ1) is 11.2. The van der Waals surface area contributed by atoms with E-state index in [9.17, 15) is 4.79 Å². The van der Waals surface area contributed by atoms with E-state index in [1.54, 1.807) is 0 Å². The fourth-order valence-electron chi connectivity index (χ4n) is 3.94. The Balaban J connectivity index is 1.64. The van der Waals surface area contributed by atoms with Gasteiger partial charge in [-0.25, -0.2) is 0 Å². The molecule has 1 aromatic rings. The molecule has 0 radical (unpaired) electrons. The van der Waals surface area contributed by atoms with Gasteiger partial charge >= 0.3 is 0 Å². The van der Waals surface area contributed by atoms with Gasteiger partial charge in [-0.2, -0.15) is 0 Å². The predicted octanol–water partition coefficient (Wildman–Crippen LogP) is 2.20. The van der Waals surface area contributed by atoms with Crippen LogP contribution in [0.5, 0.6) is 0 Å². The van der Waals surface area contributed by atoms with Gasteiger partial charge in [-0.15, -0.1) is 0 Å². The van der Waals surface area contributed by atoms with Crippen molar-refractivity contribution in [2.45, 2.75) is 50.6 Å². The summed E-state index contributed by atoms with van der Waals surface area (Å²) in [6, 6.07) is 10.5. The molecule has 0 aliphatic carbocycles. The van der Waals surface area contributed by atoms with Crippen LogP contribution in [0.2, 0.25) is 0 Å². The molecule has 1 aromatic carbocycles. The molecule has 2 saturated heterocycles. The molecule has 0 bridgehead atoms. The number of benzene rings is 1. The average Bonchev–Trinajstić information content (AvgIpc) is 2.79. The number of nitrogens with two attached hydrogens (primary N) is 1. The Hall–Kier alpha value is -1.39. The highest BCUT2D eigenvalue weighted by molar-refractivity contribution is 5.81. The summed E-state index contributed by atoms with van der Waals surface area (Å²) >= 11 is 0. The van der Waals surface area contributed by atoms with Crippen molar-refractivity contribution in [1.82, 2.24) is 9.80 Å². The first-order valence-electron chi connectivity index (χ1n) is 9.00. The molecule has 3 atom stereocenters. The molecule has 2 aliphatic rings. The Kier molecular flexibility index (Phi) is 5.34. The lowest BCUT2D eigenvalue weighted by Gasteiger charge is -2.29. The number of likely N-dealkylation sites (tertiary alicyclic amines) is 2. The molecule has 2 heterocycles. The molecule has 0 aromatic heterocycles. The molecular weight excluding hydrogens is 286 g/mol. The van der Waals surface area contributed by atoms with Crippen LogP contribution >= 0.6 is 0 Å². The highest BCUT2D eigenvalue weighted by Gasteiger charge is 2.36. The summed E-state index contributed by atoms with van der Waals surface area (Å²) in [4.78, 5) is 17.2. The number of carbonyl (C=O) groups is 1. The lowest BCUT2D eigenvalue weighted by Crippen LogP contribution is -2.47. The van der Waals surface area contributed by atoms with Crippen molar-refractivity contribution in [2.75, 3.05) is 26.2 Å². The van der Waals surface area contributed by atoms with Crippen molar-refractivity contribution in [3.63, 3.8) is 0 Å². The van der Waals surface area contributed by atoms with Gasteiger partial charge < -0.3 is 10.6 Å². The number of carbonyl (C=O) groups excluding carboxylic acids is 1. The van der Waals surface area contributed by atoms with Crippen molar-refractivity contribution in [3.8, 4) is 0 Å². The quantitative estimate of drug-likeness (QED) is 0.930. The summed E-state index contributed by atoms with van der Waals surface area (Å²) < 4.78 is 0. The first-order valence-corrected chi connectivity index (χ1v) is 9.00. The van der Waals surface area contributed by atoms with Crippen molar-refractivity contribution in [2.24, 2.45) is 5.73 Å². The van der Waals surface area contributed by atoms with Gasteiger partial charge in [0.05, 0.1) is 6.04 Å². The summed E-state index contributed by atoms with van der Waals surface area (Å²) in [5.74, 6) is 0.614. The van der Waals surface area contributed by atoms with Gasteiger partial charge in [-0.05, 0) is 25.3 Å². The van der Waals surface area contributed by atoms with Crippen LogP contribution in [0.1, 0.15) is 44.1 Å². The Bertz CT molecular complexity index is 511. The standard InChI is InChI=1S/C19H29N3O/c1-15(19(23)21-11-7-2-3-8-12-21)22-13-17(18(20)14-22)16-9-5-4-6-10-16/h4-6,9-10,15,17-18H,2-3,7-8,11-14,20H2,1H3/t15?,17-,18+/m0/s1. The van der Waals surface area contributed by atoms with E-state index in [0.717, 1.165) is 39.0 Å². The topological polar surface area (TPSA) is 49.6 Å². The molecule has 2 fully saturated rings. The van der Waals surface area contributed by atoms with Gasteiger partial charge in [0, 0.05) is 38.1 Å². The van der Waals surface area contributed by atoms with Gasteiger partial charge in [0.2, 0.25) is 5.91 Å². The summed E-state index contributed by atoms with van der Waals surface area (Å²) in [7, 11) is 0. The number of hydrogen-bond donors (Lipinski definition) is 1. The summed E-state index contributed by atoms with van der Waals surface area (Å²) in [6.45, 7) is 5.58. The molecule has 2 aliphatic heterocycles. The number of hydrogen-bond acceptors (Lipinski definition) is 3. The van der Waals surface area contributed by atoms with E-state index in [1.165, 1.54) is 18.4 Å². The molecule has 4 nitrogen and oxygen atoms in total. The number of nitrogens with zero attached hydrogens (tertiary/aromatic N) is 2. The number of amides is 1. The monoisotopic (exact) mass is 315 g/mol. The molecule has 2 N–H and O–H groups in total. The van der Waals surface area contributed by atoms with Crippen LogP contribution in [-0.4, -0.2) is 54.0 Å². The van der Waals surface area contributed by atoms with E-state index in [1.807, 2.05) is 13.0 Å². The third kappa shape index (κ3) is 3.75. The summed E-state index contributed by atoms with van der Waals surface area (Å²) in [5.41, 5.74) is 7.67. The van der Waals surface area contributed by atoms with Crippen LogP contribution in [-0.2, 0) is 4.79 Å². The second-order valence-corrected chi connectivity index (χ2v) is 7.05. The Morgan fingerprint density at radius 2 is 1.74 bits per heavy atom. The van der Waals surface area contributed by atoms with E-state index >= 15 is 0 Å². The Morgan fingerprint density at radius 1 is 1.09 bits per heavy atom. The predicted molar refractivity (Wildman–Crippen MR) is 93.2 cm³/mol. The van der Waals surface area contributed by atoms with Gasteiger partial charge in [-0.3, -0.25) is 9.69 Å². The van der Waals surface area contributed by atoms with Crippen LogP contribution in [0.15, 0.2) is 30.3 Å². The third-order valence-electron chi connectivity index (χ3n) is 5.44. The zero-order valence-electron chi connectivity index (χ0n) is 14.2. The molecule has 0 spiro atoms. The highest BCUT2D eigenvalue weighted by atomic mass is 16.2. The van der Waals surface area contributed by atoms with Crippen molar-refractivity contribution in [1.29, 1.82) is 0 Å². The fourth-order valence-corrected chi connectivity index (χ4v) is 3.94. The van der Waals surface area contributed by atoms with E-state index in [-0.39, 0.29) is 18.0 Å². The van der Waals surface area contributed by atoms with Gasteiger partial charge in [-0.1, -0.05) is 43.2 Å². The maximum absolute atomic E-state index is 12.8. The second-order valence-electron chi connectivity index (χ2n) is 7.05. The maximum atomic E-state index is 12.8. The molecular formula is C19H29N3O. The van der Waals surface area contributed by atoms with Crippen LogP contribution in [0.25, 0.3) is 0 Å². The maximum Gasteiger partial charge on any atom is 0.239 e. The Labute approximate surface area is 139 Å². The van der Waals surface area contributed by atoms with Gasteiger partial charge in [0.1, 0.15) is 0 Å². The molecule has 4 heteroatoms. The van der Waals surface area contributed by atoms with Crippen LogP contribution in [0, 0.1) is 0 Å². The van der Waals surface area contributed by atoms with Crippen molar-refractivity contribution < 1.29 is 4.79 Å². The highest BCUT2D eigenvalue weighted by Crippen LogP contribution is 2.28. The minimum absolute atomic E-state index is 0.0622. The Morgan fingerprint density at radius 3 is 2.39 bits per heavy atom. The van der Waals surface area contributed by atoms with Gasteiger partial charge in [0.15, 0.2) is 0 Å². The zero-order chi connectivity index (χ0) is 16.2. The van der Waals surface area contributed by atoms with Gasteiger partial charge in [0.25, 0.3) is 0 Å². The summed E-state index contributed by atoms with van der Waals surface area (Å²) in [6.07, 6.45) is 4.79. The lowest BCUT2D eigenvalue weighted by molar-refractivity contribution is -0.136. The second kappa shape index (κ2) is 7.45. The first kappa shape index (κ1) is 16.5. The largest absolute Gasteiger partial charge is 0.341 e. The van der Waals surface area contributed by atoms with E-state index in [0.29, 0.717) is 5.92 Å². The lowest BCUT2D eigenvalue weighted by atomic mass is 9.95. The third-order valence-corrected chi connectivity index (χ3v) is 5.44. The summed E-state index contributed by atoms with van der Waals surface area (Å²) in [5, 5.41) is 0. The molecule has 3 rings (SSSR count). The molecule has 126 valence electrons. The zero-order valence-corrected chi connectivity index (χ0v) is 14.2. The van der Waals surface area contributed by atoms with E-state index in [2.05, 4.69) is 34.1 Å². The number of rotatable bonds is 3. The molecule has 1 amide bonds. The van der Waals surface area contributed by atoms with Crippen molar-refractivity contribution >= 4 is 5.91 Å². The van der Waals surface area contributed by atoms with Crippen LogP contribution in [0.4, 0.5) is 0 Å². The van der Waals surface area contributed by atoms with E-state index < -0.39 is 0 Å². The smallest absolute Gasteiger partial charge is 0.239 e. The SMILES string of the molecule is CC(C(=O)N1CCCCCC1)N1C[C@@H](N)[C@H](c2ccccc2)C1. The van der Waals surface area contributed by atoms with Crippen LogP contribution < -0.4 is 5.73 Å². The van der Waals surface area contributed by atoms with E-state index in [4.69, 9.17) is 5.73 Å². The minimum atomic E-state index is -0.0622. The van der Waals surface area contributed by atoms with Crippen molar-refractivity contribution in [3.05, 3.63) is 35.9 Å². The molecule has 23 heavy (non-hydrogen) atoms.